The zero-order valence-corrected chi connectivity index (χ0v) is 19.3. The molecule has 9 heteroatoms. The van der Waals surface area contributed by atoms with Gasteiger partial charge in [0.15, 0.2) is 0 Å². The molecule has 3 aromatic rings. The number of carbonyl (C=O) groups excluding carboxylic acids is 3. The Morgan fingerprint density at radius 1 is 1.09 bits per heavy atom. The first kappa shape index (κ1) is 23.4. The van der Waals surface area contributed by atoms with E-state index >= 15 is 0 Å². The second kappa shape index (κ2) is 10.4. The fourth-order valence-corrected chi connectivity index (χ4v) is 3.93. The molecule has 1 aliphatic rings. The fourth-order valence-electron chi connectivity index (χ4n) is 3.81. The lowest BCUT2D eigenvalue weighted by atomic mass is 10.1. The SMILES string of the molecule is CCOC(=O)N1CCN(C(=O)c2cccc(-c3ccco3)c2)CC1C(=O)Nc1ccc(Cl)cc1. The summed E-state index contributed by atoms with van der Waals surface area (Å²) in [4.78, 5) is 41.9. The van der Waals surface area contributed by atoms with E-state index in [4.69, 9.17) is 20.8 Å². The Morgan fingerprint density at radius 3 is 2.59 bits per heavy atom. The molecule has 0 radical (unpaired) electrons. The lowest BCUT2D eigenvalue weighted by Crippen LogP contribution is -2.60. The van der Waals surface area contributed by atoms with Crippen LogP contribution >= 0.6 is 11.6 Å². The lowest BCUT2D eigenvalue weighted by molar-refractivity contribution is -0.122. The summed E-state index contributed by atoms with van der Waals surface area (Å²) in [5.41, 5.74) is 1.78. The van der Waals surface area contributed by atoms with Gasteiger partial charge in [-0.1, -0.05) is 23.7 Å². The summed E-state index contributed by atoms with van der Waals surface area (Å²) in [5, 5.41) is 3.33. The third-order valence-electron chi connectivity index (χ3n) is 5.50. The largest absolute Gasteiger partial charge is 0.464 e. The van der Waals surface area contributed by atoms with E-state index in [1.165, 1.54) is 4.90 Å². The average Bonchev–Trinajstić information content (AvgIpc) is 3.40. The number of furan rings is 1. The number of hydrogen-bond donors (Lipinski definition) is 1. The van der Waals surface area contributed by atoms with Crippen molar-refractivity contribution in [1.29, 1.82) is 0 Å². The van der Waals surface area contributed by atoms with Gasteiger partial charge in [0.25, 0.3) is 5.91 Å². The molecule has 1 fully saturated rings. The molecule has 1 unspecified atom stereocenters. The molecule has 1 atom stereocenters. The normalized spacial score (nSPS) is 15.6. The molecule has 0 spiro atoms. The van der Waals surface area contributed by atoms with Crippen LogP contribution in [0.25, 0.3) is 11.3 Å². The van der Waals surface area contributed by atoms with Crippen molar-refractivity contribution in [3.8, 4) is 11.3 Å². The van der Waals surface area contributed by atoms with E-state index in [1.54, 1.807) is 66.6 Å². The number of amides is 3. The first-order valence-corrected chi connectivity index (χ1v) is 11.3. The Bertz CT molecular complexity index is 1160. The number of halogens is 1. The van der Waals surface area contributed by atoms with Crippen LogP contribution in [0.1, 0.15) is 17.3 Å². The van der Waals surface area contributed by atoms with E-state index in [0.29, 0.717) is 22.0 Å². The third-order valence-corrected chi connectivity index (χ3v) is 5.75. The molecule has 0 aliphatic carbocycles. The van der Waals surface area contributed by atoms with Crippen molar-refractivity contribution in [2.24, 2.45) is 0 Å². The van der Waals surface area contributed by atoms with Crippen LogP contribution in [0.5, 0.6) is 0 Å². The summed E-state index contributed by atoms with van der Waals surface area (Å²) in [6, 6.07) is 16.4. The molecule has 0 bridgehead atoms. The van der Waals surface area contributed by atoms with E-state index in [9.17, 15) is 14.4 Å². The Hall–Kier alpha value is -3.78. The van der Waals surface area contributed by atoms with Crippen LogP contribution in [-0.2, 0) is 9.53 Å². The topological polar surface area (TPSA) is 92.1 Å². The number of rotatable bonds is 5. The molecule has 1 aromatic heterocycles. The van der Waals surface area contributed by atoms with Gasteiger partial charge < -0.3 is 19.4 Å². The first-order chi connectivity index (χ1) is 16.5. The Morgan fingerprint density at radius 2 is 1.88 bits per heavy atom. The van der Waals surface area contributed by atoms with Crippen molar-refractivity contribution in [2.75, 3.05) is 31.6 Å². The van der Waals surface area contributed by atoms with E-state index < -0.39 is 18.0 Å². The number of piperazine rings is 1. The van der Waals surface area contributed by atoms with Gasteiger partial charge in [0, 0.05) is 34.9 Å². The van der Waals surface area contributed by atoms with Gasteiger partial charge in [0.2, 0.25) is 5.91 Å². The zero-order valence-electron chi connectivity index (χ0n) is 18.6. The maximum Gasteiger partial charge on any atom is 0.410 e. The Balaban J connectivity index is 1.54. The summed E-state index contributed by atoms with van der Waals surface area (Å²) < 4.78 is 10.6. The molecule has 34 heavy (non-hydrogen) atoms. The second-order valence-corrected chi connectivity index (χ2v) is 8.15. The number of nitrogens with zero attached hydrogens (tertiary/aromatic N) is 2. The van der Waals surface area contributed by atoms with Crippen molar-refractivity contribution >= 4 is 35.2 Å². The van der Waals surface area contributed by atoms with Gasteiger partial charge in [-0.15, -0.1) is 0 Å². The van der Waals surface area contributed by atoms with Crippen molar-refractivity contribution in [3.63, 3.8) is 0 Å². The Kier molecular flexibility index (Phi) is 7.18. The molecule has 8 nitrogen and oxygen atoms in total. The lowest BCUT2D eigenvalue weighted by Gasteiger charge is -2.39. The summed E-state index contributed by atoms with van der Waals surface area (Å²) in [7, 11) is 0. The van der Waals surface area contributed by atoms with E-state index in [0.717, 1.165) is 5.56 Å². The van der Waals surface area contributed by atoms with Gasteiger partial charge in [-0.2, -0.15) is 0 Å². The first-order valence-electron chi connectivity index (χ1n) is 10.9. The van der Waals surface area contributed by atoms with E-state index in [-0.39, 0.29) is 32.1 Å². The molecular formula is C25H24ClN3O5. The molecule has 1 aliphatic heterocycles. The predicted octanol–water partition coefficient (Wildman–Crippen LogP) is 4.52. The van der Waals surface area contributed by atoms with Crippen LogP contribution in [0.2, 0.25) is 5.02 Å². The van der Waals surface area contributed by atoms with Crippen molar-refractivity contribution < 1.29 is 23.5 Å². The number of carbonyl (C=O) groups is 3. The number of nitrogens with one attached hydrogen (secondary N) is 1. The highest BCUT2D eigenvalue weighted by atomic mass is 35.5. The molecule has 3 amide bonds. The molecule has 1 saturated heterocycles. The molecule has 0 saturated carbocycles. The van der Waals surface area contributed by atoms with Crippen LogP contribution in [0.3, 0.4) is 0 Å². The number of hydrogen-bond acceptors (Lipinski definition) is 5. The third kappa shape index (κ3) is 5.23. The second-order valence-electron chi connectivity index (χ2n) is 7.71. The van der Waals surface area contributed by atoms with E-state index in [2.05, 4.69) is 5.32 Å². The molecule has 2 aromatic carbocycles. The molecular weight excluding hydrogens is 458 g/mol. The van der Waals surface area contributed by atoms with Crippen LogP contribution < -0.4 is 5.32 Å². The summed E-state index contributed by atoms with van der Waals surface area (Å²) >= 11 is 5.92. The minimum absolute atomic E-state index is 0.0298. The Labute approximate surface area is 202 Å². The van der Waals surface area contributed by atoms with Crippen LogP contribution in [0, 0.1) is 0 Å². The quantitative estimate of drug-likeness (QED) is 0.578. The monoisotopic (exact) mass is 481 g/mol. The fraction of sp³-hybridized carbons (Fsp3) is 0.240. The molecule has 2 heterocycles. The molecule has 176 valence electrons. The van der Waals surface area contributed by atoms with Gasteiger partial charge in [0.1, 0.15) is 11.8 Å². The van der Waals surface area contributed by atoms with Gasteiger partial charge >= 0.3 is 6.09 Å². The predicted molar refractivity (Wildman–Crippen MR) is 128 cm³/mol. The zero-order chi connectivity index (χ0) is 24.1. The minimum Gasteiger partial charge on any atom is -0.464 e. The highest BCUT2D eigenvalue weighted by Crippen LogP contribution is 2.23. The van der Waals surface area contributed by atoms with Crippen molar-refractivity contribution in [2.45, 2.75) is 13.0 Å². The van der Waals surface area contributed by atoms with E-state index in [1.807, 2.05) is 12.1 Å². The number of anilines is 1. The smallest absolute Gasteiger partial charge is 0.410 e. The maximum atomic E-state index is 13.3. The minimum atomic E-state index is -0.916. The summed E-state index contributed by atoms with van der Waals surface area (Å²) in [6.45, 7) is 2.35. The highest BCUT2D eigenvalue weighted by molar-refractivity contribution is 6.30. The number of ether oxygens (including phenoxy) is 1. The molecule has 1 N–H and O–H groups in total. The molecule has 4 rings (SSSR count). The summed E-state index contributed by atoms with van der Waals surface area (Å²) in [5.74, 6) is 0.000388. The standard InChI is InChI=1S/C25H24ClN3O5/c1-2-33-25(32)29-13-12-28(16-21(29)23(30)27-20-10-8-19(26)9-11-20)24(31)18-6-3-5-17(15-18)22-7-4-14-34-22/h3-11,14-15,21H,2,12-13,16H2,1H3,(H,27,30). The van der Waals surface area contributed by atoms with Gasteiger partial charge in [-0.05, 0) is 55.5 Å². The highest BCUT2D eigenvalue weighted by Gasteiger charge is 2.38. The van der Waals surface area contributed by atoms with Crippen molar-refractivity contribution in [1.82, 2.24) is 9.80 Å². The average molecular weight is 482 g/mol. The van der Waals surface area contributed by atoms with Crippen LogP contribution in [0.4, 0.5) is 10.5 Å². The van der Waals surface area contributed by atoms with Crippen molar-refractivity contribution in [3.05, 3.63) is 77.5 Å². The van der Waals surface area contributed by atoms with Gasteiger partial charge in [0.05, 0.1) is 19.4 Å². The number of benzene rings is 2. The van der Waals surface area contributed by atoms with Crippen LogP contribution in [-0.4, -0.2) is 60.0 Å². The summed E-state index contributed by atoms with van der Waals surface area (Å²) in [6.07, 6.45) is 0.980. The van der Waals surface area contributed by atoms with Gasteiger partial charge in [-0.3, -0.25) is 14.5 Å². The van der Waals surface area contributed by atoms with Crippen LogP contribution in [0.15, 0.2) is 71.3 Å². The van der Waals surface area contributed by atoms with Gasteiger partial charge in [-0.25, -0.2) is 4.79 Å². The maximum absolute atomic E-state index is 13.3.